The van der Waals surface area contributed by atoms with Crippen molar-refractivity contribution < 1.29 is 4.79 Å². The Labute approximate surface area is 190 Å². The fourth-order valence-corrected chi connectivity index (χ4v) is 4.30. The van der Waals surface area contributed by atoms with Crippen LogP contribution < -0.4 is 11.2 Å². The van der Waals surface area contributed by atoms with Gasteiger partial charge in [-0.2, -0.15) is 5.10 Å². The molecule has 2 aliphatic rings. The lowest BCUT2D eigenvalue weighted by molar-refractivity contribution is 0.0726. The molecule has 1 aliphatic carbocycles. The predicted octanol–water partition coefficient (Wildman–Crippen LogP) is 1.36. The molecule has 1 aromatic carbocycles. The SMILES string of the molecule is N=C(/C=N\N)c1ccc(C(=O)N2CCc3nc(NC4Cc5ccccc5C4)ncc3C2)nn1. The van der Waals surface area contributed by atoms with Gasteiger partial charge in [0.25, 0.3) is 5.91 Å². The number of hydrazone groups is 1. The van der Waals surface area contributed by atoms with E-state index in [9.17, 15) is 4.79 Å². The lowest BCUT2D eigenvalue weighted by atomic mass is 10.1. The quantitative estimate of drug-likeness (QED) is 0.308. The molecule has 5 rings (SSSR count). The Morgan fingerprint density at radius 1 is 1.12 bits per heavy atom. The van der Waals surface area contributed by atoms with Crippen molar-refractivity contribution in [2.75, 3.05) is 11.9 Å². The molecule has 0 radical (unpaired) electrons. The molecule has 4 N–H and O–H groups in total. The molecule has 0 saturated heterocycles. The summed E-state index contributed by atoms with van der Waals surface area (Å²) in [6, 6.07) is 11.9. The monoisotopic (exact) mass is 441 g/mol. The second-order valence-electron chi connectivity index (χ2n) is 8.16. The third kappa shape index (κ3) is 4.27. The first-order valence-corrected chi connectivity index (χ1v) is 10.7. The van der Waals surface area contributed by atoms with Gasteiger partial charge in [0.15, 0.2) is 5.69 Å². The summed E-state index contributed by atoms with van der Waals surface area (Å²) >= 11 is 0. The molecule has 0 fully saturated rings. The number of nitrogens with zero attached hydrogens (tertiary/aromatic N) is 6. The van der Waals surface area contributed by atoms with Crippen LogP contribution in [0.3, 0.4) is 0 Å². The van der Waals surface area contributed by atoms with Crippen LogP contribution in [0.15, 0.2) is 47.7 Å². The highest BCUT2D eigenvalue weighted by atomic mass is 16.2. The van der Waals surface area contributed by atoms with E-state index in [1.54, 1.807) is 23.2 Å². The predicted molar refractivity (Wildman–Crippen MR) is 123 cm³/mol. The van der Waals surface area contributed by atoms with Crippen molar-refractivity contribution in [2.45, 2.75) is 31.8 Å². The first kappa shape index (κ1) is 20.7. The molecule has 2 aromatic heterocycles. The highest BCUT2D eigenvalue weighted by molar-refractivity contribution is 6.36. The second kappa shape index (κ2) is 8.73. The average Bonchev–Trinajstić information content (AvgIpc) is 3.26. The van der Waals surface area contributed by atoms with Crippen molar-refractivity contribution in [3.63, 3.8) is 0 Å². The largest absolute Gasteiger partial charge is 0.351 e. The molecule has 0 unspecified atom stereocenters. The number of hydrogen-bond donors (Lipinski definition) is 3. The van der Waals surface area contributed by atoms with Crippen molar-refractivity contribution in [3.8, 4) is 0 Å². The third-order valence-corrected chi connectivity index (χ3v) is 5.97. The summed E-state index contributed by atoms with van der Waals surface area (Å²) in [5, 5.41) is 22.4. The molecule has 166 valence electrons. The summed E-state index contributed by atoms with van der Waals surface area (Å²) in [6.07, 6.45) is 5.55. The van der Waals surface area contributed by atoms with E-state index >= 15 is 0 Å². The standard InChI is InChI=1S/C23H23N9O/c24-18(12-27-25)20-5-6-21(31-30-20)22(33)32-8-7-19-16(13-32)11-26-23(29-19)28-17-9-14-3-1-2-4-15(14)10-17/h1-6,11-12,17,24H,7-10,13,25H2,(H,26,28,29)/b24-18?,27-12-. The molecule has 0 bridgehead atoms. The molecule has 3 aromatic rings. The Bertz CT molecular complexity index is 1210. The third-order valence-electron chi connectivity index (χ3n) is 5.97. The number of rotatable bonds is 5. The Hall–Kier alpha value is -4.21. The smallest absolute Gasteiger partial charge is 0.274 e. The lowest BCUT2D eigenvalue weighted by Gasteiger charge is -2.28. The van der Waals surface area contributed by atoms with E-state index in [1.807, 2.05) is 0 Å². The minimum atomic E-state index is -0.218. The number of anilines is 1. The molecule has 0 saturated carbocycles. The minimum absolute atomic E-state index is 0.0268. The van der Waals surface area contributed by atoms with Crippen LogP contribution in [0.25, 0.3) is 0 Å². The van der Waals surface area contributed by atoms with Gasteiger partial charge in [0.1, 0.15) is 11.4 Å². The highest BCUT2D eigenvalue weighted by Crippen LogP contribution is 2.25. The topological polar surface area (TPSA) is 146 Å². The van der Waals surface area contributed by atoms with Gasteiger partial charge in [-0.15, -0.1) is 10.2 Å². The van der Waals surface area contributed by atoms with Crippen LogP contribution in [-0.4, -0.2) is 55.5 Å². The number of carbonyl (C=O) groups is 1. The van der Waals surface area contributed by atoms with E-state index in [1.165, 1.54) is 17.3 Å². The van der Waals surface area contributed by atoms with Crippen molar-refractivity contribution >= 4 is 23.8 Å². The van der Waals surface area contributed by atoms with Crippen molar-refractivity contribution in [1.82, 2.24) is 25.1 Å². The van der Waals surface area contributed by atoms with Crippen molar-refractivity contribution in [3.05, 3.63) is 76.4 Å². The Balaban J connectivity index is 1.23. The highest BCUT2D eigenvalue weighted by Gasteiger charge is 2.26. The molecular weight excluding hydrogens is 418 g/mol. The summed E-state index contributed by atoms with van der Waals surface area (Å²) in [4.78, 5) is 23.8. The fraction of sp³-hybridized carbons (Fsp3) is 0.261. The summed E-state index contributed by atoms with van der Waals surface area (Å²) < 4.78 is 0. The van der Waals surface area contributed by atoms with Crippen LogP contribution in [0.5, 0.6) is 0 Å². The van der Waals surface area contributed by atoms with Gasteiger partial charge in [0, 0.05) is 37.3 Å². The van der Waals surface area contributed by atoms with Gasteiger partial charge in [0.05, 0.1) is 11.9 Å². The van der Waals surface area contributed by atoms with Crippen LogP contribution in [-0.2, 0) is 25.8 Å². The number of aromatic nitrogens is 4. The van der Waals surface area contributed by atoms with Gasteiger partial charge >= 0.3 is 0 Å². The van der Waals surface area contributed by atoms with E-state index in [-0.39, 0.29) is 17.3 Å². The summed E-state index contributed by atoms with van der Waals surface area (Å²) in [5.74, 6) is 5.47. The summed E-state index contributed by atoms with van der Waals surface area (Å²) in [6.45, 7) is 0.957. The zero-order valence-electron chi connectivity index (χ0n) is 17.9. The zero-order chi connectivity index (χ0) is 22.8. The Morgan fingerprint density at radius 3 is 2.55 bits per heavy atom. The number of amides is 1. The van der Waals surface area contributed by atoms with E-state index < -0.39 is 0 Å². The molecular formula is C23H23N9O. The molecule has 10 heteroatoms. The van der Waals surface area contributed by atoms with Crippen molar-refractivity contribution in [1.29, 1.82) is 5.41 Å². The number of benzene rings is 1. The summed E-state index contributed by atoms with van der Waals surface area (Å²) in [7, 11) is 0. The average molecular weight is 441 g/mol. The first-order valence-electron chi connectivity index (χ1n) is 10.7. The van der Waals surface area contributed by atoms with Crippen LogP contribution in [0, 0.1) is 5.41 Å². The maximum atomic E-state index is 12.9. The molecule has 3 heterocycles. The molecule has 1 aliphatic heterocycles. The number of nitrogens with one attached hydrogen (secondary N) is 2. The van der Waals surface area contributed by atoms with Gasteiger partial charge in [0.2, 0.25) is 5.95 Å². The van der Waals surface area contributed by atoms with Crippen LogP contribution >= 0.6 is 0 Å². The number of fused-ring (bicyclic) bond motifs is 2. The Kier molecular flexibility index (Phi) is 5.47. The van der Waals surface area contributed by atoms with E-state index in [0.29, 0.717) is 37.2 Å². The molecule has 0 atom stereocenters. The molecule has 10 nitrogen and oxygen atoms in total. The van der Waals surface area contributed by atoms with Gasteiger partial charge < -0.3 is 16.1 Å². The fourth-order valence-electron chi connectivity index (χ4n) is 4.30. The van der Waals surface area contributed by atoms with E-state index in [0.717, 1.165) is 24.1 Å². The van der Waals surface area contributed by atoms with E-state index in [2.05, 4.69) is 49.9 Å². The number of nitrogens with two attached hydrogens (primary N) is 1. The number of hydrogen-bond acceptors (Lipinski definition) is 9. The van der Waals surface area contributed by atoms with Gasteiger partial charge in [-0.3, -0.25) is 10.2 Å². The van der Waals surface area contributed by atoms with Gasteiger partial charge in [-0.05, 0) is 36.1 Å². The van der Waals surface area contributed by atoms with Gasteiger partial charge in [-0.1, -0.05) is 24.3 Å². The maximum absolute atomic E-state index is 12.9. The van der Waals surface area contributed by atoms with E-state index in [4.69, 9.17) is 16.2 Å². The van der Waals surface area contributed by atoms with Crippen LogP contribution in [0.2, 0.25) is 0 Å². The molecule has 1 amide bonds. The molecule has 33 heavy (non-hydrogen) atoms. The van der Waals surface area contributed by atoms with Gasteiger partial charge in [-0.25, -0.2) is 9.97 Å². The minimum Gasteiger partial charge on any atom is -0.351 e. The number of carbonyl (C=O) groups excluding carboxylic acids is 1. The van der Waals surface area contributed by atoms with Crippen LogP contribution in [0.4, 0.5) is 5.95 Å². The summed E-state index contributed by atoms with van der Waals surface area (Å²) in [5.41, 5.74) is 5.19. The zero-order valence-corrected chi connectivity index (χ0v) is 17.9. The second-order valence-corrected chi connectivity index (χ2v) is 8.16. The normalized spacial score (nSPS) is 15.3. The first-order chi connectivity index (χ1) is 16.1. The van der Waals surface area contributed by atoms with Crippen molar-refractivity contribution in [2.24, 2.45) is 10.9 Å². The lowest BCUT2D eigenvalue weighted by Crippen LogP contribution is -2.37. The molecule has 0 spiro atoms. The maximum Gasteiger partial charge on any atom is 0.274 e. The Morgan fingerprint density at radius 2 is 1.85 bits per heavy atom. The van der Waals surface area contributed by atoms with Crippen LogP contribution in [0.1, 0.15) is 38.6 Å².